The minimum Gasteiger partial charge on any atom is -0.504 e. The van der Waals surface area contributed by atoms with Crippen molar-refractivity contribution >= 4 is 30.1 Å². The molecular weight excluding hydrogens is 476 g/mol. The first kappa shape index (κ1) is 24.6. The van der Waals surface area contributed by atoms with Gasteiger partial charge in [0.05, 0.1) is 0 Å². The second kappa shape index (κ2) is 9.62. The first-order valence-corrected chi connectivity index (χ1v) is 10.8. The van der Waals surface area contributed by atoms with Gasteiger partial charge in [0.1, 0.15) is 12.2 Å². The topological polar surface area (TPSA) is 180 Å². The molecule has 36 heavy (non-hydrogen) atoms. The zero-order chi connectivity index (χ0) is 26.0. The molecule has 2 atom stereocenters. The minimum absolute atomic E-state index is 0.243. The fourth-order valence-electron chi connectivity index (χ4n) is 3.98. The largest absolute Gasteiger partial charge is 0.504 e. The Morgan fingerprint density at radius 2 is 1.25 bits per heavy atom. The van der Waals surface area contributed by atoms with Crippen LogP contribution >= 0.6 is 0 Å². The van der Waals surface area contributed by atoms with Crippen LogP contribution in [0.1, 0.15) is 24.0 Å². The lowest BCUT2D eigenvalue weighted by molar-refractivity contribution is -0.247. The Hall–Kier alpha value is -4.51. The van der Waals surface area contributed by atoms with Gasteiger partial charge in [0.25, 0.3) is 0 Å². The van der Waals surface area contributed by atoms with E-state index in [0.29, 0.717) is 11.1 Å². The predicted octanol–water partition coefficient (Wildman–Crippen LogP) is 1.51. The summed E-state index contributed by atoms with van der Waals surface area (Å²) in [7, 11) is 0. The van der Waals surface area contributed by atoms with E-state index in [-0.39, 0.29) is 35.8 Å². The van der Waals surface area contributed by atoms with Crippen molar-refractivity contribution in [3.05, 3.63) is 59.7 Å². The van der Waals surface area contributed by atoms with Crippen LogP contribution < -0.4 is 0 Å². The molecule has 0 spiro atoms. The number of ether oxygens (including phenoxy) is 3. The average molecular weight is 498 g/mol. The average Bonchev–Trinajstić information content (AvgIpc) is 2.82. The third-order valence-electron chi connectivity index (χ3n) is 5.79. The number of aromatic hydroxyl groups is 4. The standard InChI is InChI=1S/C25H22O11/c26-15-5-1-13(9-17(15)28)3-7-21(30)34-19-11-25(33)12-20(23(19)36-24(25)32)35-22(31)8-4-14-2-6-16(27)18(29)10-14/h1-10,19-20,23,26-29,33H,11-12H2/b7-3+,8-4+. The van der Waals surface area contributed by atoms with Crippen molar-refractivity contribution in [1.29, 1.82) is 0 Å². The molecular formula is C25H22O11. The van der Waals surface area contributed by atoms with Gasteiger partial charge >= 0.3 is 17.9 Å². The van der Waals surface area contributed by atoms with E-state index in [1.807, 2.05) is 0 Å². The Balaban J connectivity index is 1.42. The van der Waals surface area contributed by atoms with Crippen molar-refractivity contribution in [3.8, 4) is 23.0 Å². The number of phenolic OH excluding ortho intramolecular Hbond substituents is 4. The Labute approximate surface area is 204 Å². The zero-order valence-electron chi connectivity index (χ0n) is 18.6. The number of phenols is 4. The van der Waals surface area contributed by atoms with Crippen molar-refractivity contribution < 1.29 is 54.1 Å². The third kappa shape index (κ3) is 5.26. The van der Waals surface area contributed by atoms with Crippen LogP contribution in [0.4, 0.5) is 0 Å². The van der Waals surface area contributed by atoms with E-state index in [0.717, 1.165) is 12.2 Å². The third-order valence-corrected chi connectivity index (χ3v) is 5.79. The van der Waals surface area contributed by atoms with Gasteiger partial charge < -0.3 is 39.7 Å². The van der Waals surface area contributed by atoms with Crippen LogP contribution in [0.25, 0.3) is 12.2 Å². The molecule has 2 aromatic rings. The van der Waals surface area contributed by atoms with Crippen molar-refractivity contribution in [2.75, 3.05) is 0 Å². The molecule has 0 amide bonds. The molecule has 2 heterocycles. The molecule has 0 radical (unpaired) electrons. The number of hydrogen-bond acceptors (Lipinski definition) is 11. The molecule has 3 fully saturated rings. The number of benzene rings is 2. The molecule has 2 aliphatic heterocycles. The van der Waals surface area contributed by atoms with Gasteiger partial charge in [-0.1, -0.05) is 12.1 Å². The Bertz CT molecular complexity index is 1180. The highest BCUT2D eigenvalue weighted by atomic mass is 16.6. The number of fused-ring (bicyclic) bond motifs is 3. The molecule has 1 saturated carbocycles. The maximum atomic E-state index is 12.3. The lowest BCUT2D eigenvalue weighted by atomic mass is 9.76. The SMILES string of the molecule is O=C(/C=C/c1ccc(O)c(O)c1)OC1CC2(O)CC(OC(=O)/C=C/c3ccc(O)c(O)c3)C1OC2=O. The van der Waals surface area contributed by atoms with Crippen molar-refractivity contribution in [3.63, 3.8) is 0 Å². The fraction of sp³-hybridized carbons (Fsp3) is 0.240. The van der Waals surface area contributed by atoms with Crippen LogP contribution in [0, 0.1) is 0 Å². The van der Waals surface area contributed by atoms with Crippen molar-refractivity contribution in [2.45, 2.75) is 36.8 Å². The molecule has 5 N–H and O–H groups in total. The predicted molar refractivity (Wildman–Crippen MR) is 121 cm³/mol. The van der Waals surface area contributed by atoms with Gasteiger partial charge in [-0.25, -0.2) is 14.4 Å². The van der Waals surface area contributed by atoms with E-state index in [9.17, 15) is 39.9 Å². The van der Waals surface area contributed by atoms with Crippen LogP contribution in [0.15, 0.2) is 48.6 Å². The molecule has 2 unspecified atom stereocenters. The highest BCUT2D eigenvalue weighted by Crippen LogP contribution is 2.40. The molecule has 3 aliphatic rings. The van der Waals surface area contributed by atoms with Gasteiger partial charge in [-0.05, 0) is 47.5 Å². The first-order valence-electron chi connectivity index (χ1n) is 10.8. The second-order valence-corrected chi connectivity index (χ2v) is 8.42. The minimum atomic E-state index is -2.01. The molecule has 11 heteroatoms. The summed E-state index contributed by atoms with van der Waals surface area (Å²) in [5.41, 5.74) is -1.21. The van der Waals surface area contributed by atoms with Gasteiger partial charge in [-0.3, -0.25) is 0 Å². The second-order valence-electron chi connectivity index (χ2n) is 8.42. The van der Waals surface area contributed by atoms with Crippen molar-refractivity contribution in [2.24, 2.45) is 0 Å². The Morgan fingerprint density at radius 1 is 0.806 bits per heavy atom. The maximum Gasteiger partial charge on any atom is 0.338 e. The molecule has 11 nitrogen and oxygen atoms in total. The van der Waals surface area contributed by atoms with Crippen LogP contribution in [-0.2, 0) is 28.6 Å². The summed E-state index contributed by atoms with van der Waals surface area (Å²) in [6, 6.07) is 7.85. The first-order chi connectivity index (χ1) is 17.0. The van der Waals surface area contributed by atoms with E-state index >= 15 is 0 Å². The van der Waals surface area contributed by atoms with Gasteiger partial charge in [0, 0.05) is 25.0 Å². The smallest absolute Gasteiger partial charge is 0.338 e. The lowest BCUT2D eigenvalue weighted by Gasteiger charge is -2.48. The van der Waals surface area contributed by atoms with E-state index in [1.165, 1.54) is 48.6 Å². The molecule has 188 valence electrons. The number of carbonyl (C=O) groups is 3. The number of hydrogen-bond donors (Lipinski definition) is 5. The van der Waals surface area contributed by atoms with Gasteiger partial charge in [0.2, 0.25) is 0 Å². The summed E-state index contributed by atoms with van der Waals surface area (Å²) in [4.78, 5) is 36.8. The number of carbonyl (C=O) groups excluding carboxylic acids is 3. The van der Waals surface area contributed by atoms with Crippen LogP contribution in [0.5, 0.6) is 23.0 Å². The number of rotatable bonds is 6. The number of aliphatic hydroxyl groups is 1. The van der Waals surface area contributed by atoms with Gasteiger partial charge in [0.15, 0.2) is 34.7 Å². The van der Waals surface area contributed by atoms with E-state index in [4.69, 9.17) is 14.2 Å². The summed E-state index contributed by atoms with van der Waals surface area (Å²) in [6.07, 6.45) is 0.939. The molecule has 0 aromatic heterocycles. The molecule has 5 rings (SSSR count). The summed E-state index contributed by atoms with van der Waals surface area (Å²) >= 11 is 0. The molecule has 2 aromatic carbocycles. The summed E-state index contributed by atoms with van der Waals surface area (Å²) < 4.78 is 15.9. The monoisotopic (exact) mass is 498 g/mol. The highest BCUT2D eigenvalue weighted by molar-refractivity contribution is 5.89. The van der Waals surface area contributed by atoms with Crippen molar-refractivity contribution in [1.82, 2.24) is 0 Å². The van der Waals surface area contributed by atoms with Crippen LogP contribution in [0.3, 0.4) is 0 Å². The lowest BCUT2D eigenvalue weighted by Crippen LogP contribution is -2.65. The quantitative estimate of drug-likeness (QED) is 0.169. The summed E-state index contributed by atoms with van der Waals surface area (Å²) in [6.45, 7) is 0. The maximum absolute atomic E-state index is 12.3. The zero-order valence-corrected chi connectivity index (χ0v) is 18.6. The summed E-state index contributed by atoms with van der Waals surface area (Å²) in [5, 5.41) is 48.5. The van der Waals surface area contributed by atoms with Crippen LogP contribution in [-0.4, -0.2) is 67.4 Å². The van der Waals surface area contributed by atoms with E-state index < -0.39 is 41.8 Å². The van der Waals surface area contributed by atoms with Gasteiger partial charge in [-0.15, -0.1) is 0 Å². The van der Waals surface area contributed by atoms with E-state index in [1.54, 1.807) is 0 Å². The van der Waals surface area contributed by atoms with E-state index in [2.05, 4.69) is 0 Å². The number of esters is 3. The highest BCUT2D eigenvalue weighted by Gasteiger charge is 2.60. The Kier molecular flexibility index (Phi) is 6.58. The summed E-state index contributed by atoms with van der Waals surface area (Å²) in [5.74, 6) is -3.96. The normalized spacial score (nSPS) is 25.1. The Morgan fingerprint density at radius 3 is 1.64 bits per heavy atom. The van der Waals surface area contributed by atoms with Gasteiger partial charge in [-0.2, -0.15) is 0 Å². The fourth-order valence-corrected chi connectivity index (χ4v) is 3.98. The molecule has 2 bridgehead atoms. The molecule has 2 saturated heterocycles. The molecule has 1 aliphatic carbocycles. The van der Waals surface area contributed by atoms with Crippen LogP contribution in [0.2, 0.25) is 0 Å².